The highest BCUT2D eigenvalue weighted by molar-refractivity contribution is 7.12. The normalized spacial score (nSPS) is 10.7. The van der Waals surface area contributed by atoms with Gasteiger partial charge in [0.2, 0.25) is 0 Å². The maximum absolute atomic E-state index is 5.71. The standard InChI is InChI=1S/C17H16N2S/c1-12-17(14-5-3-2-4-6-14)19-16(20-12)11-13-7-9-15(18)10-8-13/h2-10H,11,18H2,1H3. The van der Waals surface area contributed by atoms with Gasteiger partial charge in [-0.2, -0.15) is 0 Å². The summed E-state index contributed by atoms with van der Waals surface area (Å²) >= 11 is 1.77. The summed E-state index contributed by atoms with van der Waals surface area (Å²) < 4.78 is 0. The van der Waals surface area contributed by atoms with Crippen molar-refractivity contribution in [1.29, 1.82) is 0 Å². The minimum Gasteiger partial charge on any atom is -0.399 e. The lowest BCUT2D eigenvalue weighted by atomic mass is 10.1. The summed E-state index contributed by atoms with van der Waals surface area (Å²) in [7, 11) is 0. The zero-order valence-corrected chi connectivity index (χ0v) is 12.2. The van der Waals surface area contributed by atoms with Crippen LogP contribution in [-0.4, -0.2) is 4.98 Å². The van der Waals surface area contributed by atoms with Crippen molar-refractivity contribution < 1.29 is 0 Å². The van der Waals surface area contributed by atoms with E-state index in [2.05, 4.69) is 31.2 Å². The molecule has 0 spiro atoms. The van der Waals surface area contributed by atoms with E-state index in [0.717, 1.165) is 22.8 Å². The summed E-state index contributed by atoms with van der Waals surface area (Å²) in [4.78, 5) is 6.05. The van der Waals surface area contributed by atoms with Gasteiger partial charge in [0.25, 0.3) is 0 Å². The minimum atomic E-state index is 0.800. The van der Waals surface area contributed by atoms with Crippen molar-refractivity contribution in [3.63, 3.8) is 0 Å². The van der Waals surface area contributed by atoms with Gasteiger partial charge in [-0.3, -0.25) is 0 Å². The quantitative estimate of drug-likeness (QED) is 0.727. The van der Waals surface area contributed by atoms with Crippen LogP contribution in [0.3, 0.4) is 0 Å². The van der Waals surface area contributed by atoms with Gasteiger partial charge in [0.1, 0.15) is 0 Å². The Morgan fingerprint density at radius 3 is 2.40 bits per heavy atom. The molecule has 0 aliphatic rings. The maximum Gasteiger partial charge on any atom is 0.0979 e. The van der Waals surface area contributed by atoms with E-state index in [-0.39, 0.29) is 0 Å². The molecule has 0 aliphatic carbocycles. The molecule has 0 bridgehead atoms. The van der Waals surface area contributed by atoms with Crippen LogP contribution in [0.2, 0.25) is 0 Å². The largest absolute Gasteiger partial charge is 0.399 e. The summed E-state index contributed by atoms with van der Waals surface area (Å²) in [5.74, 6) is 0. The van der Waals surface area contributed by atoms with Crippen molar-refractivity contribution in [3.05, 3.63) is 70.0 Å². The third kappa shape index (κ3) is 2.73. The van der Waals surface area contributed by atoms with E-state index in [1.54, 1.807) is 11.3 Å². The second kappa shape index (κ2) is 5.47. The number of hydrogen-bond acceptors (Lipinski definition) is 3. The van der Waals surface area contributed by atoms with E-state index in [1.807, 2.05) is 30.3 Å². The average Bonchev–Trinajstić information content (AvgIpc) is 2.83. The van der Waals surface area contributed by atoms with E-state index in [9.17, 15) is 0 Å². The molecule has 0 amide bonds. The first-order valence-electron chi connectivity index (χ1n) is 6.58. The van der Waals surface area contributed by atoms with Gasteiger partial charge < -0.3 is 5.73 Å². The fraction of sp³-hybridized carbons (Fsp3) is 0.118. The minimum absolute atomic E-state index is 0.800. The Kier molecular flexibility index (Phi) is 3.52. The van der Waals surface area contributed by atoms with Crippen molar-refractivity contribution in [2.75, 3.05) is 5.73 Å². The fourth-order valence-corrected chi connectivity index (χ4v) is 3.19. The van der Waals surface area contributed by atoms with Crippen LogP contribution in [-0.2, 0) is 6.42 Å². The summed E-state index contributed by atoms with van der Waals surface area (Å²) in [6.45, 7) is 2.13. The van der Waals surface area contributed by atoms with Gasteiger partial charge in [-0.25, -0.2) is 4.98 Å². The van der Waals surface area contributed by atoms with Gasteiger partial charge in [-0.15, -0.1) is 11.3 Å². The molecule has 0 saturated carbocycles. The third-order valence-electron chi connectivity index (χ3n) is 3.22. The predicted molar refractivity (Wildman–Crippen MR) is 85.9 cm³/mol. The Hall–Kier alpha value is -2.13. The van der Waals surface area contributed by atoms with Gasteiger partial charge in [0.15, 0.2) is 0 Å². The van der Waals surface area contributed by atoms with Crippen LogP contribution in [0.1, 0.15) is 15.4 Å². The molecule has 3 heteroatoms. The molecule has 100 valence electrons. The zero-order valence-electron chi connectivity index (χ0n) is 11.3. The summed E-state index contributed by atoms with van der Waals surface area (Å²) in [6, 6.07) is 18.3. The third-order valence-corrected chi connectivity index (χ3v) is 4.19. The van der Waals surface area contributed by atoms with E-state index in [0.29, 0.717) is 0 Å². The van der Waals surface area contributed by atoms with Crippen molar-refractivity contribution in [2.24, 2.45) is 0 Å². The average molecular weight is 280 g/mol. The van der Waals surface area contributed by atoms with Crippen LogP contribution in [0.25, 0.3) is 11.3 Å². The van der Waals surface area contributed by atoms with Gasteiger partial charge in [-0.1, -0.05) is 42.5 Å². The molecule has 3 rings (SSSR count). The Morgan fingerprint density at radius 1 is 1.00 bits per heavy atom. The molecule has 1 heterocycles. The Balaban J connectivity index is 1.87. The lowest BCUT2D eigenvalue weighted by molar-refractivity contribution is 1.14. The second-order valence-electron chi connectivity index (χ2n) is 4.80. The molecule has 2 aromatic carbocycles. The van der Waals surface area contributed by atoms with Crippen molar-refractivity contribution >= 4 is 17.0 Å². The van der Waals surface area contributed by atoms with E-state index in [4.69, 9.17) is 10.7 Å². The molecule has 0 saturated heterocycles. The Bertz CT molecular complexity index is 700. The first-order chi connectivity index (χ1) is 9.72. The SMILES string of the molecule is Cc1sc(Cc2ccc(N)cc2)nc1-c1ccccc1. The number of thiazole rings is 1. The number of nitrogens with zero attached hydrogens (tertiary/aromatic N) is 1. The van der Waals surface area contributed by atoms with Crippen molar-refractivity contribution in [1.82, 2.24) is 4.98 Å². The van der Waals surface area contributed by atoms with Gasteiger partial charge in [0.05, 0.1) is 10.7 Å². The van der Waals surface area contributed by atoms with Crippen LogP contribution >= 0.6 is 11.3 Å². The number of nitrogens with two attached hydrogens (primary N) is 1. The molecule has 1 aromatic heterocycles. The number of aromatic nitrogens is 1. The van der Waals surface area contributed by atoms with Crippen LogP contribution in [0.4, 0.5) is 5.69 Å². The maximum atomic E-state index is 5.71. The first kappa shape index (κ1) is 12.9. The summed E-state index contributed by atoms with van der Waals surface area (Å²) in [6.07, 6.45) is 0.860. The lowest BCUT2D eigenvalue weighted by Crippen LogP contribution is -1.89. The van der Waals surface area contributed by atoms with E-state index in [1.165, 1.54) is 16.0 Å². The summed E-state index contributed by atoms with van der Waals surface area (Å²) in [5.41, 5.74) is 10.0. The molecule has 2 N–H and O–H groups in total. The molecule has 2 nitrogen and oxygen atoms in total. The predicted octanol–water partition coefficient (Wildman–Crippen LogP) is 4.29. The molecule has 20 heavy (non-hydrogen) atoms. The first-order valence-corrected chi connectivity index (χ1v) is 7.40. The van der Waals surface area contributed by atoms with Crippen LogP contribution < -0.4 is 5.73 Å². The van der Waals surface area contributed by atoms with Crippen LogP contribution in [0.15, 0.2) is 54.6 Å². The van der Waals surface area contributed by atoms with E-state index >= 15 is 0 Å². The number of hydrogen-bond donors (Lipinski definition) is 1. The van der Waals surface area contributed by atoms with Crippen LogP contribution in [0.5, 0.6) is 0 Å². The molecule has 0 atom stereocenters. The Labute approximate surface area is 122 Å². The fourth-order valence-electron chi connectivity index (χ4n) is 2.20. The van der Waals surface area contributed by atoms with E-state index < -0.39 is 0 Å². The molecule has 0 unspecified atom stereocenters. The molecule has 0 fully saturated rings. The van der Waals surface area contributed by atoms with Gasteiger partial charge in [0, 0.05) is 22.5 Å². The smallest absolute Gasteiger partial charge is 0.0979 e. The zero-order chi connectivity index (χ0) is 13.9. The highest BCUT2D eigenvalue weighted by Gasteiger charge is 2.09. The van der Waals surface area contributed by atoms with Gasteiger partial charge in [-0.05, 0) is 24.6 Å². The molecule has 0 aliphatic heterocycles. The monoisotopic (exact) mass is 280 g/mol. The molecular weight excluding hydrogens is 264 g/mol. The number of nitrogen functional groups attached to an aromatic ring is 1. The highest BCUT2D eigenvalue weighted by Crippen LogP contribution is 2.28. The molecular formula is C17H16N2S. The number of aryl methyl sites for hydroxylation is 1. The number of benzene rings is 2. The number of anilines is 1. The highest BCUT2D eigenvalue weighted by atomic mass is 32.1. The second-order valence-corrected chi connectivity index (χ2v) is 6.08. The number of rotatable bonds is 3. The molecule has 0 radical (unpaired) electrons. The van der Waals surface area contributed by atoms with Crippen molar-refractivity contribution in [3.8, 4) is 11.3 Å². The van der Waals surface area contributed by atoms with Crippen molar-refractivity contribution in [2.45, 2.75) is 13.3 Å². The topological polar surface area (TPSA) is 38.9 Å². The van der Waals surface area contributed by atoms with Crippen LogP contribution in [0, 0.1) is 6.92 Å². The summed E-state index contributed by atoms with van der Waals surface area (Å²) in [5, 5.41) is 1.14. The molecule has 3 aromatic rings. The van der Waals surface area contributed by atoms with Gasteiger partial charge >= 0.3 is 0 Å². The Morgan fingerprint density at radius 2 is 1.70 bits per heavy atom. The lowest BCUT2D eigenvalue weighted by Gasteiger charge is -1.99.